The Balaban J connectivity index is 1.65. The summed E-state index contributed by atoms with van der Waals surface area (Å²) in [5, 5.41) is 1.52. The molecule has 4 atom stereocenters. The van der Waals surface area contributed by atoms with Gasteiger partial charge in [0.25, 0.3) is 0 Å². The van der Waals surface area contributed by atoms with Gasteiger partial charge in [-0.25, -0.2) is 4.79 Å². The SMILES string of the molecule is CCC(OCc1ccccc1)/C(C)=C/CC(C)/C=C(/CC1(C)OC(=O)N2CCCC21)[Si](C)(C)C. The predicted octanol–water partition coefficient (Wildman–Crippen LogP) is 7.52. The molecule has 3 rings (SSSR count). The molecule has 0 spiro atoms. The van der Waals surface area contributed by atoms with Gasteiger partial charge in [0, 0.05) is 13.0 Å². The lowest BCUT2D eigenvalue weighted by Crippen LogP contribution is -2.42. The molecule has 0 aliphatic carbocycles. The predicted molar refractivity (Wildman–Crippen MR) is 144 cm³/mol. The Bertz CT molecular complexity index is 888. The molecule has 1 amide bonds. The number of fused-ring (bicyclic) bond motifs is 1. The second-order valence-corrected chi connectivity index (χ2v) is 16.6. The van der Waals surface area contributed by atoms with Crippen molar-refractivity contribution in [1.82, 2.24) is 4.90 Å². The van der Waals surface area contributed by atoms with Gasteiger partial charge in [0.05, 0.1) is 26.8 Å². The van der Waals surface area contributed by atoms with Crippen LogP contribution in [0, 0.1) is 5.92 Å². The molecule has 188 valence electrons. The molecule has 34 heavy (non-hydrogen) atoms. The first-order valence-electron chi connectivity index (χ1n) is 13.1. The maximum Gasteiger partial charge on any atom is 0.410 e. The zero-order valence-corrected chi connectivity index (χ0v) is 23.4. The molecule has 1 aromatic rings. The second-order valence-electron chi connectivity index (χ2n) is 11.5. The van der Waals surface area contributed by atoms with Crippen LogP contribution >= 0.6 is 0 Å². The van der Waals surface area contributed by atoms with Gasteiger partial charge in [-0.3, -0.25) is 0 Å². The summed E-state index contributed by atoms with van der Waals surface area (Å²) >= 11 is 0. The zero-order valence-electron chi connectivity index (χ0n) is 22.4. The Morgan fingerprint density at radius 3 is 2.65 bits per heavy atom. The highest BCUT2D eigenvalue weighted by Crippen LogP contribution is 2.42. The summed E-state index contributed by atoms with van der Waals surface area (Å²) in [4.78, 5) is 14.4. The van der Waals surface area contributed by atoms with E-state index in [4.69, 9.17) is 9.47 Å². The van der Waals surface area contributed by atoms with Gasteiger partial charge >= 0.3 is 6.09 Å². The maximum atomic E-state index is 12.4. The van der Waals surface area contributed by atoms with Gasteiger partial charge in [-0.2, -0.15) is 0 Å². The van der Waals surface area contributed by atoms with Crippen molar-refractivity contribution in [2.45, 2.75) is 104 Å². The van der Waals surface area contributed by atoms with E-state index in [-0.39, 0.29) is 18.2 Å². The summed E-state index contributed by atoms with van der Waals surface area (Å²) in [5.41, 5.74) is 2.13. The first-order chi connectivity index (χ1) is 16.0. The molecule has 2 fully saturated rings. The van der Waals surface area contributed by atoms with Gasteiger partial charge in [0.2, 0.25) is 0 Å². The Morgan fingerprint density at radius 1 is 1.29 bits per heavy atom. The van der Waals surface area contributed by atoms with Crippen molar-refractivity contribution in [1.29, 1.82) is 0 Å². The number of hydrogen-bond acceptors (Lipinski definition) is 3. The molecule has 0 N–H and O–H groups in total. The number of amides is 1. The molecular weight excluding hydrogens is 438 g/mol. The minimum atomic E-state index is -1.56. The lowest BCUT2D eigenvalue weighted by molar-refractivity contribution is 0.0524. The lowest BCUT2D eigenvalue weighted by Gasteiger charge is -2.33. The van der Waals surface area contributed by atoms with E-state index in [0.29, 0.717) is 12.5 Å². The van der Waals surface area contributed by atoms with Gasteiger partial charge in [0.1, 0.15) is 5.60 Å². The summed E-state index contributed by atoms with van der Waals surface area (Å²) in [6.45, 7) is 17.6. The number of cyclic esters (lactones) is 1. The molecule has 0 radical (unpaired) electrons. The molecule has 0 aromatic heterocycles. The molecule has 4 unspecified atom stereocenters. The van der Waals surface area contributed by atoms with Crippen LogP contribution in [-0.2, 0) is 16.1 Å². The van der Waals surface area contributed by atoms with Crippen LogP contribution in [0.4, 0.5) is 4.79 Å². The Hall–Kier alpha value is -1.85. The van der Waals surface area contributed by atoms with Crippen LogP contribution in [0.1, 0.15) is 65.4 Å². The van der Waals surface area contributed by atoms with E-state index in [1.807, 2.05) is 11.0 Å². The third kappa shape index (κ3) is 6.63. The maximum absolute atomic E-state index is 12.4. The first-order valence-corrected chi connectivity index (χ1v) is 16.6. The Kier molecular flexibility index (Phi) is 8.86. The molecule has 0 bridgehead atoms. The van der Waals surface area contributed by atoms with E-state index < -0.39 is 13.7 Å². The summed E-state index contributed by atoms with van der Waals surface area (Å²) in [6, 6.07) is 10.6. The summed E-state index contributed by atoms with van der Waals surface area (Å²) < 4.78 is 12.2. The van der Waals surface area contributed by atoms with Gasteiger partial charge in [-0.05, 0) is 56.6 Å². The van der Waals surface area contributed by atoms with Crippen molar-refractivity contribution < 1.29 is 14.3 Å². The normalized spacial score (nSPS) is 25.3. The van der Waals surface area contributed by atoms with Gasteiger partial charge in [-0.15, -0.1) is 0 Å². The van der Waals surface area contributed by atoms with Crippen molar-refractivity contribution >= 4 is 14.2 Å². The lowest BCUT2D eigenvalue weighted by atomic mass is 9.90. The fourth-order valence-corrected chi connectivity index (χ4v) is 6.98. The van der Waals surface area contributed by atoms with Crippen LogP contribution in [0.2, 0.25) is 19.6 Å². The van der Waals surface area contributed by atoms with Crippen LogP contribution in [0.15, 0.2) is 53.3 Å². The smallest absolute Gasteiger partial charge is 0.410 e. The zero-order chi connectivity index (χ0) is 24.9. The molecule has 5 heteroatoms. The minimum absolute atomic E-state index is 0.118. The summed E-state index contributed by atoms with van der Waals surface area (Å²) in [7, 11) is -1.56. The first kappa shape index (κ1) is 26.7. The highest BCUT2D eigenvalue weighted by atomic mass is 28.3. The highest BCUT2D eigenvalue weighted by Gasteiger charge is 2.53. The number of allylic oxidation sites excluding steroid dienone is 2. The van der Waals surface area contributed by atoms with Crippen LogP contribution in [0.5, 0.6) is 0 Å². The number of carbonyl (C=O) groups is 1. The standard InChI is InChI=1S/C29H45NO3Si/c1-8-26(32-21-24-13-10-9-11-14-24)23(3)17-16-22(2)19-25(34(5,6)7)20-29(4)27-15-12-18-30(27)28(31)33-29/h9-11,13-14,17,19,22,26-27H,8,12,15-16,18,20-21H2,1-7H3/b23-17+,25-19-. The molecular formula is C29H45NO3Si. The third-order valence-electron chi connectivity index (χ3n) is 7.49. The number of carbonyl (C=O) groups excluding carboxylic acids is 1. The van der Waals surface area contributed by atoms with E-state index in [2.05, 4.69) is 83.8 Å². The number of hydrogen-bond donors (Lipinski definition) is 0. The molecule has 4 nitrogen and oxygen atoms in total. The largest absolute Gasteiger partial charge is 0.441 e. The van der Waals surface area contributed by atoms with Crippen molar-refractivity contribution in [2.24, 2.45) is 5.92 Å². The highest BCUT2D eigenvalue weighted by molar-refractivity contribution is 6.83. The molecule has 2 aliphatic rings. The minimum Gasteiger partial charge on any atom is -0.441 e. The van der Waals surface area contributed by atoms with Crippen molar-refractivity contribution in [3.63, 3.8) is 0 Å². The number of ether oxygens (including phenoxy) is 2. The van der Waals surface area contributed by atoms with E-state index >= 15 is 0 Å². The summed E-state index contributed by atoms with van der Waals surface area (Å²) in [6.07, 6.45) is 9.85. The fourth-order valence-electron chi connectivity index (χ4n) is 5.31. The number of rotatable bonds is 11. The monoisotopic (exact) mass is 483 g/mol. The van der Waals surface area contributed by atoms with E-state index in [1.165, 1.54) is 16.3 Å². The van der Waals surface area contributed by atoms with Crippen LogP contribution in [0.25, 0.3) is 0 Å². The van der Waals surface area contributed by atoms with Crippen LogP contribution < -0.4 is 0 Å². The fraction of sp³-hybridized carbons (Fsp3) is 0.621. The van der Waals surface area contributed by atoms with Gasteiger partial charge < -0.3 is 14.4 Å². The van der Waals surface area contributed by atoms with Crippen molar-refractivity contribution in [3.8, 4) is 0 Å². The number of benzene rings is 1. The molecule has 2 heterocycles. The van der Waals surface area contributed by atoms with Crippen LogP contribution in [0.3, 0.4) is 0 Å². The Morgan fingerprint density at radius 2 is 2.00 bits per heavy atom. The molecule has 2 saturated heterocycles. The van der Waals surface area contributed by atoms with Crippen molar-refractivity contribution in [3.05, 3.63) is 58.8 Å². The second kappa shape index (κ2) is 11.3. The van der Waals surface area contributed by atoms with E-state index in [1.54, 1.807) is 0 Å². The van der Waals surface area contributed by atoms with Gasteiger partial charge in [0.15, 0.2) is 0 Å². The van der Waals surface area contributed by atoms with E-state index in [0.717, 1.165) is 38.6 Å². The van der Waals surface area contributed by atoms with Crippen LogP contribution in [-0.4, -0.2) is 43.4 Å². The average Bonchev–Trinajstić information content (AvgIpc) is 3.36. The van der Waals surface area contributed by atoms with Crippen molar-refractivity contribution in [2.75, 3.05) is 6.54 Å². The van der Waals surface area contributed by atoms with Gasteiger partial charge in [-0.1, -0.05) is 81.2 Å². The topological polar surface area (TPSA) is 38.8 Å². The Labute approximate surface area is 208 Å². The molecule has 1 aromatic carbocycles. The average molecular weight is 484 g/mol. The summed E-state index contributed by atoms with van der Waals surface area (Å²) in [5.74, 6) is 0.434. The molecule has 0 saturated carbocycles. The number of nitrogens with zero attached hydrogens (tertiary/aromatic N) is 1. The quantitative estimate of drug-likeness (QED) is 0.241. The third-order valence-corrected chi connectivity index (χ3v) is 9.76. The molecule has 2 aliphatic heterocycles. The van der Waals surface area contributed by atoms with E-state index in [9.17, 15) is 4.79 Å².